The van der Waals surface area contributed by atoms with Gasteiger partial charge in [0.15, 0.2) is 11.5 Å². The molecule has 0 amide bonds. The molecule has 0 aliphatic carbocycles. The Morgan fingerprint density at radius 3 is 2.46 bits per heavy atom. The number of methoxy groups -OCH3 is 1. The Labute approximate surface area is 158 Å². The fraction of sp³-hybridized carbons (Fsp3) is 0.478. The zero-order chi connectivity index (χ0) is 18.6. The van der Waals surface area contributed by atoms with Gasteiger partial charge < -0.3 is 15.2 Å². The number of nitrogens with two attached hydrogens (primary N) is 1. The molecule has 0 saturated heterocycles. The van der Waals surface area contributed by atoms with E-state index in [4.69, 9.17) is 15.2 Å². The highest BCUT2D eigenvalue weighted by atomic mass is 16.5. The van der Waals surface area contributed by atoms with Crippen LogP contribution in [0.4, 0.5) is 0 Å². The number of benzene rings is 2. The first kappa shape index (κ1) is 20.3. The largest absolute Gasteiger partial charge is 0.493 e. The Balaban J connectivity index is 1.88. The molecule has 3 heteroatoms. The van der Waals surface area contributed by atoms with Crippen molar-refractivity contribution in [1.82, 2.24) is 0 Å². The highest BCUT2D eigenvalue weighted by molar-refractivity contribution is 5.43. The van der Waals surface area contributed by atoms with Crippen molar-refractivity contribution in [3.63, 3.8) is 0 Å². The second-order valence-corrected chi connectivity index (χ2v) is 6.88. The molecular weight excluding hydrogens is 322 g/mol. The van der Waals surface area contributed by atoms with Gasteiger partial charge in [-0.1, -0.05) is 69.0 Å². The number of hydrogen-bond donors (Lipinski definition) is 1. The minimum Gasteiger partial charge on any atom is -0.493 e. The SMILES string of the molecule is CCCCCC[C@H](N)Cc1ccc(OC)c(OCCc2ccccc2)c1. The number of hydrogen-bond acceptors (Lipinski definition) is 3. The average molecular weight is 356 g/mol. The number of unbranched alkanes of at least 4 members (excludes halogenated alkanes) is 3. The van der Waals surface area contributed by atoms with Gasteiger partial charge >= 0.3 is 0 Å². The summed E-state index contributed by atoms with van der Waals surface area (Å²) in [6, 6.07) is 16.7. The van der Waals surface area contributed by atoms with Crippen LogP contribution in [0.5, 0.6) is 11.5 Å². The standard InChI is InChI=1S/C23H33NO2/c1-3-4-5-9-12-21(24)17-20-13-14-22(25-2)23(18-20)26-16-15-19-10-7-6-8-11-19/h6-8,10-11,13-14,18,21H,3-5,9,12,15-17,24H2,1-2H3/t21-/m0/s1. The van der Waals surface area contributed by atoms with E-state index in [2.05, 4.69) is 43.3 Å². The predicted molar refractivity (Wildman–Crippen MR) is 109 cm³/mol. The summed E-state index contributed by atoms with van der Waals surface area (Å²) in [5.41, 5.74) is 8.80. The molecule has 2 aromatic carbocycles. The van der Waals surface area contributed by atoms with Gasteiger partial charge in [-0.2, -0.15) is 0 Å². The van der Waals surface area contributed by atoms with Crippen molar-refractivity contribution >= 4 is 0 Å². The molecule has 3 nitrogen and oxygen atoms in total. The third-order valence-electron chi connectivity index (χ3n) is 4.65. The number of ether oxygens (including phenoxy) is 2. The van der Waals surface area contributed by atoms with E-state index >= 15 is 0 Å². The van der Waals surface area contributed by atoms with E-state index in [9.17, 15) is 0 Å². The van der Waals surface area contributed by atoms with Gasteiger partial charge in [-0.15, -0.1) is 0 Å². The zero-order valence-electron chi connectivity index (χ0n) is 16.2. The van der Waals surface area contributed by atoms with E-state index in [1.165, 1.54) is 36.8 Å². The van der Waals surface area contributed by atoms with Crippen LogP contribution in [0.3, 0.4) is 0 Å². The maximum Gasteiger partial charge on any atom is 0.161 e. The van der Waals surface area contributed by atoms with E-state index < -0.39 is 0 Å². The van der Waals surface area contributed by atoms with Crippen molar-refractivity contribution in [3.05, 3.63) is 59.7 Å². The summed E-state index contributed by atoms with van der Waals surface area (Å²) in [5, 5.41) is 0. The highest BCUT2D eigenvalue weighted by Crippen LogP contribution is 2.29. The topological polar surface area (TPSA) is 44.5 Å². The molecule has 2 aromatic rings. The van der Waals surface area contributed by atoms with Gasteiger partial charge in [0.05, 0.1) is 13.7 Å². The van der Waals surface area contributed by atoms with Crippen molar-refractivity contribution in [2.45, 2.75) is 57.9 Å². The zero-order valence-corrected chi connectivity index (χ0v) is 16.2. The van der Waals surface area contributed by atoms with Crippen molar-refractivity contribution in [2.24, 2.45) is 5.73 Å². The summed E-state index contributed by atoms with van der Waals surface area (Å²) in [7, 11) is 1.68. The first-order valence-corrected chi connectivity index (χ1v) is 9.82. The van der Waals surface area contributed by atoms with Gasteiger partial charge in [-0.3, -0.25) is 0 Å². The third kappa shape index (κ3) is 7.09. The predicted octanol–water partition coefficient (Wildman–Crippen LogP) is 5.16. The van der Waals surface area contributed by atoms with Crippen molar-refractivity contribution in [1.29, 1.82) is 0 Å². The van der Waals surface area contributed by atoms with Crippen LogP contribution in [-0.2, 0) is 12.8 Å². The van der Waals surface area contributed by atoms with Gasteiger partial charge in [0.2, 0.25) is 0 Å². The molecular formula is C23H33NO2. The lowest BCUT2D eigenvalue weighted by molar-refractivity contribution is 0.297. The Morgan fingerprint density at radius 2 is 1.73 bits per heavy atom. The lowest BCUT2D eigenvalue weighted by atomic mass is 10.0. The molecule has 0 saturated carbocycles. The normalized spacial score (nSPS) is 12.0. The van der Waals surface area contributed by atoms with Crippen LogP contribution in [0.15, 0.2) is 48.5 Å². The second kappa shape index (κ2) is 11.6. The highest BCUT2D eigenvalue weighted by Gasteiger charge is 2.09. The van der Waals surface area contributed by atoms with Gasteiger partial charge in [-0.25, -0.2) is 0 Å². The molecule has 142 valence electrons. The molecule has 0 aliphatic rings. The lowest BCUT2D eigenvalue weighted by Gasteiger charge is -2.15. The van der Waals surface area contributed by atoms with Crippen molar-refractivity contribution in [3.8, 4) is 11.5 Å². The maximum atomic E-state index is 6.31. The first-order chi connectivity index (χ1) is 12.7. The molecule has 0 heterocycles. The van der Waals surface area contributed by atoms with E-state index in [-0.39, 0.29) is 6.04 Å². The summed E-state index contributed by atoms with van der Waals surface area (Å²) < 4.78 is 11.4. The average Bonchev–Trinajstić information content (AvgIpc) is 2.66. The summed E-state index contributed by atoms with van der Waals surface area (Å²) in [6.07, 6.45) is 7.89. The minimum absolute atomic E-state index is 0.206. The van der Waals surface area contributed by atoms with Crippen LogP contribution in [-0.4, -0.2) is 19.8 Å². The fourth-order valence-electron chi connectivity index (χ4n) is 3.12. The van der Waals surface area contributed by atoms with Crippen molar-refractivity contribution in [2.75, 3.05) is 13.7 Å². The van der Waals surface area contributed by atoms with Crippen LogP contribution in [0, 0.1) is 0 Å². The molecule has 2 N–H and O–H groups in total. The van der Waals surface area contributed by atoms with Crippen molar-refractivity contribution < 1.29 is 9.47 Å². The van der Waals surface area contributed by atoms with E-state index in [0.717, 1.165) is 30.8 Å². The van der Waals surface area contributed by atoms with Gasteiger partial charge in [0, 0.05) is 12.5 Å². The summed E-state index contributed by atoms with van der Waals surface area (Å²) in [5.74, 6) is 1.58. The minimum atomic E-state index is 0.206. The molecule has 0 radical (unpaired) electrons. The molecule has 0 bridgehead atoms. The molecule has 0 spiro atoms. The van der Waals surface area contributed by atoms with E-state index in [1.807, 2.05) is 12.1 Å². The fourth-order valence-corrected chi connectivity index (χ4v) is 3.12. The number of rotatable bonds is 12. The molecule has 1 atom stereocenters. The van der Waals surface area contributed by atoms with Gasteiger partial charge in [-0.05, 0) is 36.1 Å². The molecule has 0 aliphatic heterocycles. The lowest BCUT2D eigenvalue weighted by Crippen LogP contribution is -2.22. The maximum absolute atomic E-state index is 6.31. The van der Waals surface area contributed by atoms with Gasteiger partial charge in [0.25, 0.3) is 0 Å². The Hall–Kier alpha value is -2.00. The smallest absolute Gasteiger partial charge is 0.161 e. The van der Waals surface area contributed by atoms with Crippen LogP contribution >= 0.6 is 0 Å². The van der Waals surface area contributed by atoms with Crippen LogP contribution < -0.4 is 15.2 Å². The first-order valence-electron chi connectivity index (χ1n) is 9.82. The monoisotopic (exact) mass is 355 g/mol. The van der Waals surface area contributed by atoms with Gasteiger partial charge in [0.1, 0.15) is 0 Å². The summed E-state index contributed by atoms with van der Waals surface area (Å²) in [6.45, 7) is 2.86. The van der Waals surface area contributed by atoms with E-state index in [0.29, 0.717) is 6.61 Å². The van der Waals surface area contributed by atoms with Crippen LogP contribution in [0.25, 0.3) is 0 Å². The molecule has 2 rings (SSSR count). The van der Waals surface area contributed by atoms with E-state index in [1.54, 1.807) is 7.11 Å². The summed E-state index contributed by atoms with van der Waals surface area (Å²) >= 11 is 0. The Morgan fingerprint density at radius 1 is 0.923 bits per heavy atom. The molecule has 0 fully saturated rings. The van der Waals surface area contributed by atoms with Crippen LogP contribution in [0.2, 0.25) is 0 Å². The van der Waals surface area contributed by atoms with Crippen LogP contribution in [0.1, 0.15) is 50.2 Å². The Bertz CT molecular complexity index is 627. The molecule has 0 aromatic heterocycles. The molecule has 0 unspecified atom stereocenters. The Kier molecular flexibility index (Phi) is 9.05. The second-order valence-electron chi connectivity index (χ2n) is 6.88. The third-order valence-corrected chi connectivity index (χ3v) is 4.65. The summed E-state index contributed by atoms with van der Waals surface area (Å²) in [4.78, 5) is 0. The quantitative estimate of drug-likeness (QED) is 0.535. The molecule has 26 heavy (non-hydrogen) atoms.